The van der Waals surface area contributed by atoms with Crippen LogP contribution in [0.5, 0.6) is 0 Å². The van der Waals surface area contributed by atoms with E-state index in [1.807, 2.05) is 46.0 Å². The topological polar surface area (TPSA) is 77.1 Å². The van der Waals surface area contributed by atoms with Crippen molar-refractivity contribution in [2.45, 2.75) is 40.2 Å². The molecule has 8 heteroatoms. The Balaban J connectivity index is 1.76. The highest BCUT2D eigenvalue weighted by Crippen LogP contribution is 2.26. The van der Waals surface area contributed by atoms with Crippen LogP contribution >= 0.6 is 11.6 Å². The Morgan fingerprint density at radius 2 is 2.00 bits per heavy atom. The minimum absolute atomic E-state index is 0.0125. The fourth-order valence-electron chi connectivity index (χ4n) is 3.12. The Kier molecular flexibility index (Phi) is 6.14. The van der Waals surface area contributed by atoms with E-state index in [2.05, 4.69) is 15.3 Å². The van der Waals surface area contributed by atoms with E-state index in [1.54, 1.807) is 15.6 Å². The summed E-state index contributed by atoms with van der Waals surface area (Å²) < 4.78 is 7.56. The summed E-state index contributed by atoms with van der Waals surface area (Å²) in [5, 5.41) is 13.1. The SMILES string of the molecule is CCCN(Cc1nnc(-c2ccccc2Cl)o1)C(=O)Cc1c(C)nn(C)c1C. The van der Waals surface area contributed by atoms with Gasteiger partial charge < -0.3 is 9.32 Å². The highest BCUT2D eigenvalue weighted by atomic mass is 35.5. The molecule has 148 valence electrons. The predicted molar refractivity (Wildman–Crippen MR) is 107 cm³/mol. The van der Waals surface area contributed by atoms with E-state index in [-0.39, 0.29) is 12.5 Å². The first-order valence-corrected chi connectivity index (χ1v) is 9.62. The zero-order chi connectivity index (χ0) is 20.3. The summed E-state index contributed by atoms with van der Waals surface area (Å²) >= 11 is 6.20. The minimum Gasteiger partial charge on any atom is -0.419 e. The summed E-state index contributed by atoms with van der Waals surface area (Å²) in [6, 6.07) is 7.29. The van der Waals surface area contributed by atoms with Gasteiger partial charge in [0.25, 0.3) is 0 Å². The van der Waals surface area contributed by atoms with Crippen LogP contribution in [0.3, 0.4) is 0 Å². The number of aryl methyl sites for hydroxylation is 2. The molecule has 0 aliphatic heterocycles. The van der Waals surface area contributed by atoms with Crippen molar-refractivity contribution in [3.05, 3.63) is 52.1 Å². The molecule has 3 aromatic rings. The summed E-state index contributed by atoms with van der Waals surface area (Å²) in [4.78, 5) is 14.7. The second-order valence-corrected chi connectivity index (χ2v) is 7.15. The smallest absolute Gasteiger partial charge is 0.249 e. The number of nitrogens with zero attached hydrogens (tertiary/aromatic N) is 5. The van der Waals surface area contributed by atoms with Crippen molar-refractivity contribution in [2.75, 3.05) is 6.54 Å². The van der Waals surface area contributed by atoms with E-state index in [9.17, 15) is 4.79 Å². The molecular weight excluding hydrogens is 378 g/mol. The molecule has 0 saturated heterocycles. The Labute approximate surface area is 169 Å². The molecule has 2 aromatic heterocycles. The summed E-state index contributed by atoms with van der Waals surface area (Å²) in [6.45, 7) is 6.81. The van der Waals surface area contributed by atoms with Crippen molar-refractivity contribution in [1.29, 1.82) is 0 Å². The number of benzene rings is 1. The normalized spacial score (nSPS) is 11.0. The number of carbonyl (C=O) groups is 1. The van der Waals surface area contributed by atoms with Gasteiger partial charge in [-0.25, -0.2) is 0 Å². The van der Waals surface area contributed by atoms with Crippen molar-refractivity contribution in [2.24, 2.45) is 7.05 Å². The third-order valence-electron chi connectivity index (χ3n) is 4.73. The molecule has 0 radical (unpaired) electrons. The van der Waals surface area contributed by atoms with Crippen LogP contribution < -0.4 is 0 Å². The van der Waals surface area contributed by atoms with E-state index in [0.29, 0.717) is 35.3 Å². The van der Waals surface area contributed by atoms with Crippen LogP contribution in [0.15, 0.2) is 28.7 Å². The molecule has 0 unspecified atom stereocenters. The molecule has 0 aliphatic carbocycles. The Morgan fingerprint density at radius 1 is 1.25 bits per heavy atom. The van der Waals surface area contributed by atoms with Gasteiger partial charge in [0, 0.05) is 24.8 Å². The van der Waals surface area contributed by atoms with E-state index >= 15 is 0 Å². The van der Waals surface area contributed by atoms with Gasteiger partial charge in [-0.3, -0.25) is 9.48 Å². The van der Waals surface area contributed by atoms with Crippen molar-refractivity contribution in [3.63, 3.8) is 0 Å². The molecule has 0 fully saturated rings. The number of aromatic nitrogens is 4. The summed E-state index contributed by atoms with van der Waals surface area (Å²) in [5.41, 5.74) is 3.53. The quantitative estimate of drug-likeness (QED) is 0.603. The summed E-state index contributed by atoms with van der Waals surface area (Å²) in [5.74, 6) is 0.748. The third kappa shape index (κ3) is 4.25. The number of carbonyl (C=O) groups excluding carboxylic acids is 1. The maximum absolute atomic E-state index is 12.9. The van der Waals surface area contributed by atoms with Crippen LogP contribution in [-0.2, 0) is 24.8 Å². The number of hydrogen-bond acceptors (Lipinski definition) is 5. The van der Waals surface area contributed by atoms with Gasteiger partial charge in [0.05, 0.1) is 29.2 Å². The fraction of sp³-hybridized carbons (Fsp3) is 0.400. The number of rotatable bonds is 7. The second-order valence-electron chi connectivity index (χ2n) is 6.75. The van der Waals surface area contributed by atoms with Crippen molar-refractivity contribution < 1.29 is 9.21 Å². The van der Waals surface area contributed by atoms with Crippen LogP contribution in [0.4, 0.5) is 0 Å². The number of halogens is 1. The van der Waals surface area contributed by atoms with Gasteiger partial charge in [0.15, 0.2) is 0 Å². The van der Waals surface area contributed by atoms with Crippen LogP contribution in [0.2, 0.25) is 5.02 Å². The lowest BCUT2D eigenvalue weighted by Gasteiger charge is -2.20. The Hall–Kier alpha value is -2.67. The summed E-state index contributed by atoms with van der Waals surface area (Å²) in [7, 11) is 1.88. The number of hydrogen-bond donors (Lipinski definition) is 0. The van der Waals surface area contributed by atoms with E-state index < -0.39 is 0 Å². The first-order chi connectivity index (χ1) is 13.4. The zero-order valence-corrected chi connectivity index (χ0v) is 17.3. The van der Waals surface area contributed by atoms with Gasteiger partial charge in [-0.1, -0.05) is 30.7 Å². The molecule has 0 aliphatic rings. The van der Waals surface area contributed by atoms with Gasteiger partial charge in [0.2, 0.25) is 17.7 Å². The zero-order valence-electron chi connectivity index (χ0n) is 16.6. The lowest BCUT2D eigenvalue weighted by atomic mass is 10.1. The lowest BCUT2D eigenvalue weighted by molar-refractivity contribution is -0.131. The molecule has 1 aromatic carbocycles. The molecule has 0 N–H and O–H groups in total. The van der Waals surface area contributed by atoms with Crippen molar-refractivity contribution >= 4 is 17.5 Å². The maximum atomic E-state index is 12.9. The molecular formula is C20H24ClN5O2. The lowest BCUT2D eigenvalue weighted by Crippen LogP contribution is -2.33. The molecule has 3 rings (SSSR count). The van der Waals surface area contributed by atoms with Crippen LogP contribution in [0.25, 0.3) is 11.5 Å². The molecule has 0 saturated carbocycles. The molecule has 2 heterocycles. The van der Waals surface area contributed by atoms with E-state index in [4.69, 9.17) is 16.0 Å². The van der Waals surface area contributed by atoms with Gasteiger partial charge >= 0.3 is 0 Å². The molecule has 0 bridgehead atoms. The van der Waals surface area contributed by atoms with Crippen LogP contribution in [0, 0.1) is 13.8 Å². The van der Waals surface area contributed by atoms with Crippen molar-refractivity contribution in [1.82, 2.24) is 24.9 Å². The molecule has 1 amide bonds. The predicted octanol–water partition coefficient (Wildman–Crippen LogP) is 3.72. The van der Waals surface area contributed by atoms with Gasteiger partial charge in [-0.15, -0.1) is 10.2 Å². The second kappa shape index (κ2) is 8.56. The standard InChI is InChI=1S/C20H24ClN5O2/c1-5-10-26(19(27)11-16-13(2)24-25(4)14(16)3)12-18-22-23-20(28-18)15-8-6-7-9-17(15)21/h6-9H,5,10-12H2,1-4H3. The average Bonchev–Trinajstić information content (AvgIpc) is 3.22. The van der Waals surface area contributed by atoms with Crippen LogP contribution in [0.1, 0.15) is 36.2 Å². The highest BCUT2D eigenvalue weighted by Gasteiger charge is 2.21. The molecule has 0 spiro atoms. The van der Waals surface area contributed by atoms with E-state index in [1.165, 1.54) is 0 Å². The third-order valence-corrected chi connectivity index (χ3v) is 5.06. The monoisotopic (exact) mass is 401 g/mol. The maximum Gasteiger partial charge on any atom is 0.249 e. The Bertz CT molecular complexity index is 979. The first kappa shape index (κ1) is 20.1. The molecule has 0 atom stereocenters. The molecule has 7 nitrogen and oxygen atoms in total. The fourth-order valence-corrected chi connectivity index (χ4v) is 3.34. The first-order valence-electron chi connectivity index (χ1n) is 9.24. The van der Waals surface area contributed by atoms with Crippen molar-refractivity contribution in [3.8, 4) is 11.5 Å². The summed E-state index contributed by atoms with van der Waals surface area (Å²) in [6.07, 6.45) is 1.14. The van der Waals surface area contributed by atoms with Gasteiger partial charge in [-0.05, 0) is 32.4 Å². The van der Waals surface area contributed by atoms with E-state index in [0.717, 1.165) is 23.4 Å². The Morgan fingerprint density at radius 3 is 2.64 bits per heavy atom. The number of amides is 1. The van der Waals surface area contributed by atoms with Crippen LogP contribution in [-0.4, -0.2) is 37.3 Å². The van der Waals surface area contributed by atoms with Gasteiger partial charge in [0.1, 0.15) is 0 Å². The average molecular weight is 402 g/mol. The highest BCUT2D eigenvalue weighted by molar-refractivity contribution is 6.33. The van der Waals surface area contributed by atoms with Gasteiger partial charge in [-0.2, -0.15) is 5.10 Å². The molecule has 28 heavy (non-hydrogen) atoms. The minimum atomic E-state index is 0.0125. The largest absolute Gasteiger partial charge is 0.419 e.